The molecular formula is C10H19NO2. The number of aliphatic hydroxyl groups is 1. The van der Waals surface area contributed by atoms with Crippen molar-refractivity contribution in [3.63, 3.8) is 0 Å². The SMILES string of the molecule is O=C1CCCN(CCCCCO)C1. The second kappa shape index (κ2) is 6.11. The van der Waals surface area contributed by atoms with Gasteiger partial charge in [0.2, 0.25) is 0 Å². The van der Waals surface area contributed by atoms with Gasteiger partial charge in [0.1, 0.15) is 5.78 Å². The van der Waals surface area contributed by atoms with Crippen LogP contribution in [0.25, 0.3) is 0 Å². The zero-order valence-corrected chi connectivity index (χ0v) is 8.17. The van der Waals surface area contributed by atoms with Crippen LogP contribution in [0, 0.1) is 0 Å². The quantitative estimate of drug-likeness (QED) is 0.644. The van der Waals surface area contributed by atoms with Gasteiger partial charge >= 0.3 is 0 Å². The molecule has 1 aliphatic heterocycles. The first-order chi connectivity index (χ1) is 6.33. The number of hydrogen-bond acceptors (Lipinski definition) is 3. The molecule has 1 N–H and O–H groups in total. The van der Waals surface area contributed by atoms with Crippen LogP contribution in [0.15, 0.2) is 0 Å². The minimum absolute atomic E-state index is 0.291. The van der Waals surface area contributed by atoms with Crippen LogP contribution in [0.5, 0.6) is 0 Å². The van der Waals surface area contributed by atoms with E-state index in [2.05, 4.69) is 4.90 Å². The number of rotatable bonds is 5. The van der Waals surface area contributed by atoms with Gasteiger partial charge in [-0.15, -0.1) is 0 Å². The van der Waals surface area contributed by atoms with Crippen molar-refractivity contribution < 1.29 is 9.90 Å². The lowest BCUT2D eigenvalue weighted by Gasteiger charge is -2.25. The first kappa shape index (κ1) is 10.7. The van der Waals surface area contributed by atoms with E-state index in [9.17, 15) is 4.79 Å². The highest BCUT2D eigenvalue weighted by Crippen LogP contribution is 2.07. The molecule has 13 heavy (non-hydrogen) atoms. The van der Waals surface area contributed by atoms with Crippen LogP contribution < -0.4 is 0 Å². The van der Waals surface area contributed by atoms with Gasteiger partial charge in [0.15, 0.2) is 0 Å². The Labute approximate surface area is 79.7 Å². The van der Waals surface area contributed by atoms with Crippen LogP contribution >= 0.6 is 0 Å². The molecule has 1 aliphatic rings. The molecule has 1 heterocycles. The number of aliphatic hydroxyl groups excluding tert-OH is 1. The number of Topliss-reactive ketones (excluding diaryl/α,β-unsaturated/α-hetero) is 1. The maximum atomic E-state index is 11.1. The first-order valence-corrected chi connectivity index (χ1v) is 5.18. The molecule has 3 nitrogen and oxygen atoms in total. The van der Waals surface area contributed by atoms with E-state index in [-0.39, 0.29) is 0 Å². The molecule has 0 aliphatic carbocycles. The predicted molar refractivity (Wildman–Crippen MR) is 51.6 cm³/mol. The fourth-order valence-corrected chi connectivity index (χ4v) is 1.72. The maximum Gasteiger partial charge on any atom is 0.146 e. The Kier molecular flexibility index (Phi) is 5.01. The topological polar surface area (TPSA) is 40.5 Å². The summed E-state index contributed by atoms with van der Waals surface area (Å²) in [6, 6.07) is 0. The molecule has 0 aromatic carbocycles. The van der Waals surface area contributed by atoms with E-state index in [1.54, 1.807) is 0 Å². The second-order valence-electron chi connectivity index (χ2n) is 3.70. The summed E-state index contributed by atoms with van der Waals surface area (Å²) in [6.45, 7) is 3.04. The van der Waals surface area contributed by atoms with Crippen molar-refractivity contribution >= 4 is 5.78 Å². The summed E-state index contributed by atoms with van der Waals surface area (Å²) in [4.78, 5) is 13.3. The van der Waals surface area contributed by atoms with Crippen LogP contribution in [0.1, 0.15) is 32.1 Å². The summed E-state index contributed by atoms with van der Waals surface area (Å²) in [5.41, 5.74) is 0. The number of ketones is 1. The molecule has 0 aromatic rings. The predicted octanol–water partition coefficient (Wildman–Crippen LogP) is 0.814. The van der Waals surface area contributed by atoms with Gasteiger partial charge in [-0.05, 0) is 38.8 Å². The van der Waals surface area contributed by atoms with Gasteiger partial charge in [-0.1, -0.05) is 0 Å². The fourth-order valence-electron chi connectivity index (χ4n) is 1.72. The Morgan fingerprint density at radius 2 is 2.15 bits per heavy atom. The molecule has 3 heteroatoms. The van der Waals surface area contributed by atoms with Crippen molar-refractivity contribution in [1.82, 2.24) is 4.90 Å². The van der Waals surface area contributed by atoms with Gasteiger partial charge in [0, 0.05) is 13.0 Å². The van der Waals surface area contributed by atoms with Gasteiger partial charge in [0.25, 0.3) is 0 Å². The Balaban J connectivity index is 2.03. The Hall–Kier alpha value is -0.410. The summed E-state index contributed by atoms with van der Waals surface area (Å²) in [7, 11) is 0. The van der Waals surface area contributed by atoms with Crippen molar-refractivity contribution in [3.8, 4) is 0 Å². The number of likely N-dealkylation sites (tertiary alicyclic amines) is 1. The monoisotopic (exact) mass is 185 g/mol. The zero-order valence-electron chi connectivity index (χ0n) is 8.17. The van der Waals surface area contributed by atoms with Gasteiger partial charge in [-0.25, -0.2) is 0 Å². The third kappa shape index (κ3) is 4.39. The van der Waals surface area contributed by atoms with Gasteiger partial charge in [-0.2, -0.15) is 0 Å². The van der Waals surface area contributed by atoms with Crippen molar-refractivity contribution in [1.29, 1.82) is 0 Å². The lowest BCUT2D eigenvalue weighted by atomic mass is 10.1. The third-order valence-corrected chi connectivity index (χ3v) is 2.46. The average molecular weight is 185 g/mol. The Morgan fingerprint density at radius 1 is 1.31 bits per heavy atom. The molecule has 0 unspecified atom stereocenters. The molecule has 0 atom stereocenters. The molecule has 1 rings (SSSR count). The highest BCUT2D eigenvalue weighted by molar-refractivity contribution is 5.81. The summed E-state index contributed by atoms with van der Waals surface area (Å²) < 4.78 is 0. The van der Waals surface area contributed by atoms with E-state index in [0.717, 1.165) is 45.2 Å². The number of hydrogen-bond donors (Lipinski definition) is 1. The number of unbranched alkanes of at least 4 members (excludes halogenated alkanes) is 2. The van der Waals surface area contributed by atoms with Crippen LogP contribution in [-0.2, 0) is 4.79 Å². The number of piperidine rings is 1. The van der Waals surface area contributed by atoms with Gasteiger partial charge < -0.3 is 5.11 Å². The third-order valence-electron chi connectivity index (χ3n) is 2.46. The number of carbonyl (C=O) groups excluding carboxylic acids is 1. The highest BCUT2D eigenvalue weighted by atomic mass is 16.2. The van der Waals surface area contributed by atoms with Crippen molar-refractivity contribution in [2.45, 2.75) is 32.1 Å². The molecule has 0 bridgehead atoms. The van der Waals surface area contributed by atoms with E-state index in [4.69, 9.17) is 5.11 Å². The standard InChI is InChI=1S/C10H19NO2/c12-8-3-1-2-6-11-7-4-5-10(13)9-11/h12H,1-9H2. The largest absolute Gasteiger partial charge is 0.396 e. The fraction of sp³-hybridized carbons (Fsp3) is 0.900. The smallest absolute Gasteiger partial charge is 0.146 e. The summed E-state index contributed by atoms with van der Waals surface area (Å²) in [5, 5.41) is 8.58. The molecule has 1 fully saturated rings. The molecule has 0 aromatic heterocycles. The number of carbonyl (C=O) groups is 1. The maximum absolute atomic E-state index is 11.1. The first-order valence-electron chi connectivity index (χ1n) is 5.18. The Bertz CT molecular complexity index is 159. The molecule has 1 saturated heterocycles. The molecule has 0 spiro atoms. The lowest BCUT2D eigenvalue weighted by Crippen LogP contribution is -2.36. The van der Waals surface area contributed by atoms with Crippen molar-refractivity contribution in [2.75, 3.05) is 26.2 Å². The molecule has 0 saturated carbocycles. The van der Waals surface area contributed by atoms with Crippen LogP contribution in [0.2, 0.25) is 0 Å². The van der Waals surface area contributed by atoms with Crippen molar-refractivity contribution in [3.05, 3.63) is 0 Å². The average Bonchev–Trinajstić information content (AvgIpc) is 2.13. The summed E-state index contributed by atoms with van der Waals surface area (Å²) in [6.07, 6.45) is 4.86. The summed E-state index contributed by atoms with van der Waals surface area (Å²) in [5.74, 6) is 0.383. The van der Waals surface area contributed by atoms with E-state index in [1.807, 2.05) is 0 Å². The van der Waals surface area contributed by atoms with Crippen molar-refractivity contribution in [2.24, 2.45) is 0 Å². The van der Waals surface area contributed by atoms with Crippen LogP contribution in [-0.4, -0.2) is 42.0 Å². The van der Waals surface area contributed by atoms with Crippen LogP contribution in [0.4, 0.5) is 0 Å². The second-order valence-corrected chi connectivity index (χ2v) is 3.70. The lowest BCUT2D eigenvalue weighted by molar-refractivity contribution is -0.122. The minimum atomic E-state index is 0.291. The van der Waals surface area contributed by atoms with E-state index in [1.165, 1.54) is 0 Å². The molecule has 0 amide bonds. The van der Waals surface area contributed by atoms with E-state index in [0.29, 0.717) is 18.9 Å². The van der Waals surface area contributed by atoms with E-state index < -0.39 is 0 Å². The van der Waals surface area contributed by atoms with E-state index >= 15 is 0 Å². The minimum Gasteiger partial charge on any atom is -0.396 e. The molecule has 76 valence electrons. The van der Waals surface area contributed by atoms with Gasteiger partial charge in [-0.3, -0.25) is 9.69 Å². The number of nitrogens with zero attached hydrogens (tertiary/aromatic N) is 1. The Morgan fingerprint density at radius 3 is 2.85 bits per heavy atom. The normalized spacial score (nSPS) is 19.3. The summed E-state index contributed by atoms with van der Waals surface area (Å²) >= 11 is 0. The van der Waals surface area contributed by atoms with Gasteiger partial charge in [0.05, 0.1) is 6.54 Å². The zero-order chi connectivity index (χ0) is 9.52. The molecule has 0 radical (unpaired) electrons. The molecular weight excluding hydrogens is 166 g/mol. The van der Waals surface area contributed by atoms with Crippen LogP contribution in [0.3, 0.4) is 0 Å². The highest BCUT2D eigenvalue weighted by Gasteiger charge is 2.15.